The molecular formula is C35H36N2O5S. The van der Waals surface area contributed by atoms with Crippen LogP contribution in [0.4, 0.5) is 5.69 Å². The van der Waals surface area contributed by atoms with Gasteiger partial charge in [0.05, 0.1) is 13.7 Å². The number of hydrogen-bond donors (Lipinski definition) is 1. The Balaban J connectivity index is 1.36. The number of thiophene rings is 1. The minimum Gasteiger partial charge on any atom is -0.492 e. The maximum atomic E-state index is 13.2. The number of rotatable bonds is 15. The van der Waals surface area contributed by atoms with Crippen LogP contribution in [-0.2, 0) is 20.7 Å². The van der Waals surface area contributed by atoms with Crippen molar-refractivity contribution < 1.29 is 23.9 Å². The molecule has 0 bridgehead atoms. The number of carbonyl (C=O) groups is 3. The van der Waals surface area contributed by atoms with Gasteiger partial charge in [-0.2, -0.15) is 0 Å². The van der Waals surface area contributed by atoms with Crippen LogP contribution in [0.5, 0.6) is 5.75 Å². The van der Waals surface area contributed by atoms with Crippen molar-refractivity contribution >= 4 is 40.8 Å². The molecule has 0 aliphatic carbocycles. The second kappa shape index (κ2) is 16.1. The number of benzene rings is 3. The molecule has 1 atom stereocenters. The maximum Gasteiger partial charge on any atom is 0.328 e. The van der Waals surface area contributed by atoms with E-state index < -0.39 is 12.0 Å². The Morgan fingerprint density at radius 3 is 2.35 bits per heavy atom. The SMILES string of the molecule is CCCN(CCOc1ccc(C[C@H](Nc2ccccc2C(=O)c2ccccc2)C(=O)OC)cc1)C(=O)C=Cc1cccs1. The predicted molar refractivity (Wildman–Crippen MR) is 172 cm³/mol. The zero-order valence-electron chi connectivity index (χ0n) is 24.4. The van der Waals surface area contributed by atoms with Crippen molar-refractivity contribution in [2.75, 3.05) is 32.1 Å². The van der Waals surface area contributed by atoms with Gasteiger partial charge in [-0.05, 0) is 53.8 Å². The fourth-order valence-corrected chi connectivity index (χ4v) is 5.17. The van der Waals surface area contributed by atoms with Gasteiger partial charge in [-0.1, -0.05) is 67.6 Å². The maximum absolute atomic E-state index is 13.2. The lowest BCUT2D eigenvalue weighted by Gasteiger charge is -2.21. The third kappa shape index (κ3) is 9.15. The minimum absolute atomic E-state index is 0.0393. The number of anilines is 1. The fourth-order valence-electron chi connectivity index (χ4n) is 4.55. The molecule has 3 aromatic carbocycles. The molecule has 4 rings (SSSR count). The molecule has 0 spiro atoms. The van der Waals surface area contributed by atoms with E-state index in [1.807, 2.05) is 79.0 Å². The number of nitrogens with one attached hydrogen (secondary N) is 1. The Morgan fingerprint density at radius 1 is 0.907 bits per heavy atom. The molecule has 1 aromatic heterocycles. The van der Waals surface area contributed by atoms with E-state index in [1.54, 1.807) is 52.6 Å². The zero-order chi connectivity index (χ0) is 30.4. The lowest BCUT2D eigenvalue weighted by atomic mass is 10.00. The number of amides is 1. The molecule has 0 saturated carbocycles. The molecule has 8 heteroatoms. The van der Waals surface area contributed by atoms with Crippen molar-refractivity contribution in [3.05, 3.63) is 124 Å². The summed E-state index contributed by atoms with van der Waals surface area (Å²) in [6.07, 6.45) is 4.65. The summed E-state index contributed by atoms with van der Waals surface area (Å²) in [7, 11) is 1.35. The van der Waals surface area contributed by atoms with E-state index in [0.717, 1.165) is 16.9 Å². The average molecular weight is 597 g/mol. The summed E-state index contributed by atoms with van der Waals surface area (Å²) in [5, 5.41) is 5.21. The van der Waals surface area contributed by atoms with Crippen LogP contribution in [0, 0.1) is 0 Å². The molecular weight excluding hydrogens is 560 g/mol. The molecule has 1 heterocycles. The van der Waals surface area contributed by atoms with Crippen molar-refractivity contribution in [2.45, 2.75) is 25.8 Å². The average Bonchev–Trinajstić information content (AvgIpc) is 3.57. The highest BCUT2D eigenvalue weighted by Gasteiger charge is 2.22. The first-order valence-corrected chi connectivity index (χ1v) is 15.1. The largest absolute Gasteiger partial charge is 0.492 e. The van der Waals surface area contributed by atoms with Crippen LogP contribution in [0.3, 0.4) is 0 Å². The smallest absolute Gasteiger partial charge is 0.328 e. The number of esters is 1. The summed E-state index contributed by atoms with van der Waals surface area (Å²) >= 11 is 1.59. The normalized spacial score (nSPS) is 11.6. The molecule has 0 aliphatic heterocycles. The second-order valence-corrected chi connectivity index (χ2v) is 10.8. The van der Waals surface area contributed by atoms with Crippen LogP contribution in [0.1, 0.15) is 39.7 Å². The third-order valence-corrected chi connectivity index (χ3v) is 7.59. The van der Waals surface area contributed by atoms with Crippen LogP contribution in [-0.4, -0.2) is 55.4 Å². The van der Waals surface area contributed by atoms with Crippen LogP contribution in [0.25, 0.3) is 6.08 Å². The van der Waals surface area contributed by atoms with Crippen molar-refractivity contribution in [3.8, 4) is 5.75 Å². The lowest BCUT2D eigenvalue weighted by molar-refractivity contribution is -0.141. The van der Waals surface area contributed by atoms with E-state index in [-0.39, 0.29) is 11.7 Å². The van der Waals surface area contributed by atoms with E-state index in [2.05, 4.69) is 5.32 Å². The summed E-state index contributed by atoms with van der Waals surface area (Å²) in [6, 6.07) is 26.9. The van der Waals surface area contributed by atoms with Crippen molar-refractivity contribution in [1.82, 2.24) is 4.90 Å². The first kappa shape index (κ1) is 31.3. The zero-order valence-corrected chi connectivity index (χ0v) is 25.2. The topological polar surface area (TPSA) is 84.9 Å². The van der Waals surface area contributed by atoms with Crippen LogP contribution < -0.4 is 10.1 Å². The van der Waals surface area contributed by atoms with E-state index in [1.165, 1.54) is 7.11 Å². The van der Waals surface area contributed by atoms with Crippen LogP contribution in [0.2, 0.25) is 0 Å². The van der Waals surface area contributed by atoms with E-state index >= 15 is 0 Å². The van der Waals surface area contributed by atoms with Crippen molar-refractivity contribution in [3.63, 3.8) is 0 Å². The number of ketones is 1. The van der Waals surface area contributed by atoms with Gasteiger partial charge in [-0.25, -0.2) is 4.79 Å². The highest BCUT2D eigenvalue weighted by molar-refractivity contribution is 7.10. The number of para-hydroxylation sites is 1. The lowest BCUT2D eigenvalue weighted by Crippen LogP contribution is -2.34. The Labute approximate surface area is 256 Å². The minimum atomic E-state index is -0.711. The van der Waals surface area contributed by atoms with E-state index in [4.69, 9.17) is 9.47 Å². The standard InChI is InChI=1S/C35H36N2O5S/c1-3-21-37(33(38)20-19-29-12-9-24-43-29)22-23-42-28-17-15-26(16-18-28)25-32(35(40)41-2)36-31-14-8-7-13-30(31)34(39)27-10-5-4-6-11-27/h4-20,24,32,36H,3,21-23,25H2,1-2H3/t32-/m0/s1. The number of nitrogens with zero attached hydrogens (tertiary/aromatic N) is 1. The van der Waals surface area contributed by atoms with Crippen LogP contribution >= 0.6 is 11.3 Å². The summed E-state index contributed by atoms with van der Waals surface area (Å²) in [5.41, 5.74) is 2.50. The van der Waals surface area contributed by atoms with Gasteiger partial charge >= 0.3 is 5.97 Å². The summed E-state index contributed by atoms with van der Waals surface area (Å²) in [6.45, 7) is 3.52. The van der Waals surface area contributed by atoms with Gasteiger partial charge < -0.3 is 19.7 Å². The number of ether oxygens (including phenoxy) is 2. The van der Waals surface area contributed by atoms with Gasteiger partial charge in [-0.15, -0.1) is 11.3 Å². The Kier molecular flexibility index (Phi) is 11.7. The first-order chi connectivity index (χ1) is 21.0. The molecule has 0 aliphatic rings. The quantitative estimate of drug-likeness (QED) is 0.0958. The van der Waals surface area contributed by atoms with Gasteiger partial charge in [0.25, 0.3) is 0 Å². The van der Waals surface area contributed by atoms with Gasteiger partial charge in [0.15, 0.2) is 5.78 Å². The van der Waals surface area contributed by atoms with Gasteiger partial charge in [0, 0.05) is 40.7 Å². The Hall–Kier alpha value is -4.69. The molecule has 1 amide bonds. The molecule has 0 fully saturated rings. The Morgan fingerprint density at radius 2 is 1.65 bits per heavy atom. The summed E-state index contributed by atoms with van der Waals surface area (Å²) in [4.78, 5) is 41.4. The van der Waals surface area contributed by atoms with Crippen LogP contribution in [0.15, 0.2) is 102 Å². The van der Waals surface area contributed by atoms with Gasteiger partial charge in [-0.3, -0.25) is 9.59 Å². The van der Waals surface area contributed by atoms with Crippen molar-refractivity contribution in [2.24, 2.45) is 0 Å². The van der Waals surface area contributed by atoms with Gasteiger partial charge in [0.2, 0.25) is 5.91 Å². The summed E-state index contributed by atoms with van der Waals surface area (Å²) in [5.74, 6) is 0.0633. The number of carbonyl (C=O) groups excluding carboxylic acids is 3. The molecule has 4 aromatic rings. The second-order valence-electron chi connectivity index (χ2n) is 9.83. The monoisotopic (exact) mass is 596 g/mol. The highest BCUT2D eigenvalue weighted by Crippen LogP contribution is 2.22. The number of hydrogen-bond acceptors (Lipinski definition) is 7. The molecule has 0 radical (unpaired) electrons. The number of methoxy groups -OCH3 is 1. The molecule has 1 N–H and O–H groups in total. The summed E-state index contributed by atoms with van der Waals surface area (Å²) < 4.78 is 11.0. The van der Waals surface area contributed by atoms with E-state index in [0.29, 0.717) is 48.7 Å². The third-order valence-electron chi connectivity index (χ3n) is 6.75. The molecule has 0 saturated heterocycles. The highest BCUT2D eigenvalue weighted by atomic mass is 32.1. The molecule has 222 valence electrons. The fraction of sp³-hybridized carbons (Fsp3) is 0.229. The van der Waals surface area contributed by atoms with Gasteiger partial charge in [0.1, 0.15) is 18.4 Å². The van der Waals surface area contributed by atoms with Crippen molar-refractivity contribution in [1.29, 1.82) is 0 Å². The van der Waals surface area contributed by atoms with E-state index in [9.17, 15) is 14.4 Å². The molecule has 43 heavy (non-hydrogen) atoms. The predicted octanol–water partition coefficient (Wildman–Crippen LogP) is 6.51. The molecule has 0 unspecified atom stereocenters. The first-order valence-electron chi connectivity index (χ1n) is 14.2. The molecule has 7 nitrogen and oxygen atoms in total. The Bertz CT molecular complexity index is 1500.